The van der Waals surface area contributed by atoms with E-state index in [1.54, 1.807) is 24.3 Å². The molecule has 1 aromatic carbocycles. The quantitative estimate of drug-likeness (QED) is 0.413. The average Bonchev–Trinajstić information content (AvgIpc) is 3.00. The van der Waals surface area contributed by atoms with Crippen LogP contribution in [0.3, 0.4) is 0 Å². The number of para-hydroxylation sites is 1. The summed E-state index contributed by atoms with van der Waals surface area (Å²) < 4.78 is 18.8. The molecule has 0 spiro atoms. The molecular formula is C14H12FN7O2. The Bertz CT molecular complexity index is 881. The Labute approximate surface area is 135 Å². The molecule has 0 amide bonds. The summed E-state index contributed by atoms with van der Waals surface area (Å²) in [4.78, 5) is 16.1. The third-order valence-corrected chi connectivity index (χ3v) is 2.87. The van der Waals surface area contributed by atoms with Crippen molar-refractivity contribution in [3.63, 3.8) is 0 Å². The molecule has 24 heavy (non-hydrogen) atoms. The Morgan fingerprint density at radius 3 is 2.83 bits per heavy atom. The lowest BCUT2D eigenvalue weighted by molar-refractivity contribution is 0.213. The van der Waals surface area contributed by atoms with Crippen molar-refractivity contribution in [2.75, 3.05) is 12.8 Å². The largest absolute Gasteiger partial charge is 0.438 e. The molecule has 0 fully saturated rings. The second-order valence-corrected chi connectivity index (χ2v) is 4.44. The molecule has 9 nitrogen and oxygen atoms in total. The van der Waals surface area contributed by atoms with Gasteiger partial charge >= 0.3 is 0 Å². The molecule has 0 aliphatic heterocycles. The van der Waals surface area contributed by atoms with Crippen LogP contribution in [0.2, 0.25) is 0 Å². The Balaban J connectivity index is 2.02. The molecule has 0 unspecified atom stereocenters. The van der Waals surface area contributed by atoms with E-state index in [9.17, 15) is 4.39 Å². The van der Waals surface area contributed by atoms with E-state index in [1.165, 1.54) is 7.11 Å². The first-order valence-electron chi connectivity index (χ1n) is 6.71. The van der Waals surface area contributed by atoms with Gasteiger partial charge in [0.05, 0.1) is 11.6 Å². The molecule has 0 saturated carbocycles. The minimum atomic E-state index is -0.703. The molecule has 0 atom stereocenters. The standard InChI is InChI=1S/C14H12FN7O2/c1-23-22-12(13-19-14(16)21-20-13)8-4-2-3-5-9(8)24-11-6-10(15)17-7-18-11/h2-7H,1H3,(H3,16,19,20,21)/b22-12+. The van der Waals surface area contributed by atoms with Crippen LogP contribution in [0.15, 0.2) is 41.8 Å². The van der Waals surface area contributed by atoms with Gasteiger partial charge in [-0.25, -0.2) is 9.97 Å². The molecule has 122 valence electrons. The molecule has 3 N–H and O–H groups in total. The number of hydrogen-bond donors (Lipinski definition) is 2. The molecule has 0 radical (unpaired) electrons. The Morgan fingerprint density at radius 1 is 1.29 bits per heavy atom. The molecule has 3 aromatic rings. The number of nitrogens with one attached hydrogen (secondary N) is 1. The number of nitrogens with two attached hydrogens (primary N) is 1. The van der Waals surface area contributed by atoms with Crippen molar-refractivity contribution < 1.29 is 14.0 Å². The van der Waals surface area contributed by atoms with Crippen LogP contribution in [-0.4, -0.2) is 38.0 Å². The monoisotopic (exact) mass is 329 g/mol. The van der Waals surface area contributed by atoms with Gasteiger partial charge in [0, 0.05) is 0 Å². The highest BCUT2D eigenvalue weighted by Crippen LogP contribution is 2.26. The number of halogens is 1. The fraction of sp³-hybridized carbons (Fsp3) is 0.0714. The predicted octanol–water partition coefficient (Wildman–Crippen LogP) is 1.51. The number of aromatic amines is 1. The van der Waals surface area contributed by atoms with Gasteiger partial charge in [-0.2, -0.15) is 9.37 Å². The highest BCUT2D eigenvalue weighted by molar-refractivity contribution is 6.12. The predicted molar refractivity (Wildman–Crippen MR) is 81.9 cm³/mol. The number of rotatable bonds is 5. The van der Waals surface area contributed by atoms with Gasteiger partial charge in [0.15, 0.2) is 11.5 Å². The van der Waals surface area contributed by atoms with Gasteiger partial charge in [-0.05, 0) is 12.1 Å². The summed E-state index contributed by atoms with van der Waals surface area (Å²) in [6, 6.07) is 7.98. The van der Waals surface area contributed by atoms with Crippen LogP contribution in [0.4, 0.5) is 10.3 Å². The topological polar surface area (TPSA) is 124 Å². The third-order valence-electron chi connectivity index (χ3n) is 2.87. The smallest absolute Gasteiger partial charge is 0.239 e. The molecule has 0 saturated heterocycles. The second kappa shape index (κ2) is 6.69. The highest BCUT2D eigenvalue weighted by atomic mass is 19.1. The maximum atomic E-state index is 13.2. The van der Waals surface area contributed by atoms with E-state index < -0.39 is 5.95 Å². The van der Waals surface area contributed by atoms with E-state index in [-0.39, 0.29) is 11.8 Å². The van der Waals surface area contributed by atoms with Gasteiger partial charge in [-0.3, -0.25) is 5.10 Å². The number of H-pyrrole nitrogens is 1. The Morgan fingerprint density at radius 2 is 2.12 bits per heavy atom. The summed E-state index contributed by atoms with van der Waals surface area (Å²) in [5.74, 6) is 0.0563. The molecule has 10 heteroatoms. The number of hydrogen-bond acceptors (Lipinski definition) is 8. The maximum Gasteiger partial charge on any atom is 0.239 e. The molecule has 2 heterocycles. The van der Waals surface area contributed by atoms with E-state index in [0.29, 0.717) is 22.8 Å². The maximum absolute atomic E-state index is 13.2. The first-order chi connectivity index (χ1) is 11.7. The van der Waals surface area contributed by atoms with Gasteiger partial charge in [0.2, 0.25) is 17.8 Å². The van der Waals surface area contributed by atoms with Crippen molar-refractivity contribution >= 4 is 11.7 Å². The van der Waals surface area contributed by atoms with Crippen molar-refractivity contribution in [1.82, 2.24) is 25.1 Å². The third kappa shape index (κ3) is 3.27. The van der Waals surface area contributed by atoms with Crippen LogP contribution in [-0.2, 0) is 4.84 Å². The van der Waals surface area contributed by atoms with Gasteiger partial charge in [-0.15, -0.1) is 5.10 Å². The minimum Gasteiger partial charge on any atom is -0.438 e. The SMILES string of the molecule is CO/N=C(/c1nc(N)n[nH]1)c1ccccc1Oc1cc(F)ncn1. The molecule has 2 aromatic heterocycles. The van der Waals surface area contributed by atoms with Gasteiger partial charge in [0.25, 0.3) is 0 Å². The highest BCUT2D eigenvalue weighted by Gasteiger charge is 2.18. The van der Waals surface area contributed by atoms with Crippen LogP contribution < -0.4 is 10.5 Å². The van der Waals surface area contributed by atoms with Crippen molar-refractivity contribution in [3.8, 4) is 11.6 Å². The van der Waals surface area contributed by atoms with E-state index in [0.717, 1.165) is 12.4 Å². The molecule has 3 rings (SSSR count). The zero-order valence-corrected chi connectivity index (χ0v) is 12.5. The summed E-state index contributed by atoms with van der Waals surface area (Å²) in [5.41, 5.74) is 6.36. The van der Waals surface area contributed by atoms with Crippen molar-refractivity contribution in [2.45, 2.75) is 0 Å². The van der Waals surface area contributed by atoms with Gasteiger partial charge in [-0.1, -0.05) is 17.3 Å². The fourth-order valence-corrected chi connectivity index (χ4v) is 1.93. The number of nitrogen functional groups attached to an aromatic ring is 1. The van der Waals surface area contributed by atoms with Crippen LogP contribution in [0.5, 0.6) is 11.6 Å². The van der Waals surface area contributed by atoms with Crippen molar-refractivity contribution in [3.05, 3.63) is 54.0 Å². The Hall–Kier alpha value is -3.56. The molecule has 0 aliphatic carbocycles. The van der Waals surface area contributed by atoms with Crippen molar-refractivity contribution in [2.24, 2.45) is 5.16 Å². The van der Waals surface area contributed by atoms with Gasteiger partial charge in [0.1, 0.15) is 19.2 Å². The molecule has 0 bridgehead atoms. The van der Waals surface area contributed by atoms with Crippen LogP contribution in [0.1, 0.15) is 11.4 Å². The average molecular weight is 329 g/mol. The van der Waals surface area contributed by atoms with Crippen LogP contribution in [0.25, 0.3) is 0 Å². The number of anilines is 1. The number of nitrogens with zero attached hydrogens (tertiary/aromatic N) is 5. The Kier molecular flexibility index (Phi) is 4.27. The van der Waals surface area contributed by atoms with E-state index in [4.69, 9.17) is 15.3 Å². The molecule has 0 aliphatic rings. The van der Waals surface area contributed by atoms with E-state index >= 15 is 0 Å². The van der Waals surface area contributed by atoms with E-state index in [1.807, 2.05) is 0 Å². The summed E-state index contributed by atoms with van der Waals surface area (Å²) in [7, 11) is 1.39. The number of benzene rings is 1. The first kappa shape index (κ1) is 15.3. The number of oxime groups is 1. The summed E-state index contributed by atoms with van der Waals surface area (Å²) in [6.07, 6.45) is 1.06. The number of aromatic nitrogens is 5. The lowest BCUT2D eigenvalue weighted by Crippen LogP contribution is -2.08. The van der Waals surface area contributed by atoms with E-state index in [2.05, 4.69) is 30.3 Å². The lowest BCUT2D eigenvalue weighted by Gasteiger charge is -2.10. The number of ether oxygens (including phenoxy) is 1. The van der Waals surface area contributed by atoms with Crippen molar-refractivity contribution in [1.29, 1.82) is 0 Å². The fourth-order valence-electron chi connectivity index (χ4n) is 1.93. The molecular weight excluding hydrogens is 317 g/mol. The lowest BCUT2D eigenvalue weighted by atomic mass is 10.1. The normalized spacial score (nSPS) is 11.3. The zero-order valence-electron chi connectivity index (χ0n) is 12.5. The summed E-state index contributed by atoms with van der Waals surface area (Å²) >= 11 is 0. The summed E-state index contributed by atoms with van der Waals surface area (Å²) in [6.45, 7) is 0. The zero-order chi connectivity index (χ0) is 16.9. The van der Waals surface area contributed by atoms with Gasteiger partial charge < -0.3 is 15.3 Å². The van der Waals surface area contributed by atoms with Crippen LogP contribution in [0, 0.1) is 5.95 Å². The second-order valence-electron chi connectivity index (χ2n) is 4.44. The van der Waals surface area contributed by atoms with Crippen LogP contribution >= 0.6 is 0 Å². The minimum absolute atomic E-state index is 0.0452. The summed E-state index contributed by atoms with van der Waals surface area (Å²) in [5, 5.41) is 10.4. The first-order valence-corrected chi connectivity index (χ1v) is 6.71.